The average Bonchev–Trinajstić information content (AvgIpc) is 2.78. The van der Waals surface area contributed by atoms with E-state index < -0.39 is 0 Å². The van der Waals surface area contributed by atoms with Gasteiger partial charge in [-0.2, -0.15) is 0 Å². The van der Waals surface area contributed by atoms with Crippen LogP contribution in [-0.2, 0) is 6.42 Å². The van der Waals surface area contributed by atoms with Gasteiger partial charge in [-0.3, -0.25) is 0 Å². The number of fused-ring (bicyclic) bond motifs is 2. The fraction of sp³-hybridized carbons (Fsp3) is 0.409. The Labute approximate surface area is 169 Å². The molecule has 27 heavy (non-hydrogen) atoms. The summed E-state index contributed by atoms with van der Waals surface area (Å²) in [6.07, 6.45) is 2.34. The molecule has 3 aliphatic heterocycles. The number of aliphatic imine (C=N–C) groups is 1. The summed E-state index contributed by atoms with van der Waals surface area (Å²) in [6, 6.07) is 11.2. The third kappa shape index (κ3) is 2.97. The SMILES string of the molecule is Cc1cc2c3c(c1)C(N1CCN(C)CC1)=Nc1cc(Br)ccc1N3CCC2. The summed E-state index contributed by atoms with van der Waals surface area (Å²) >= 11 is 3.65. The molecular formula is C22H25BrN4. The molecule has 0 aromatic heterocycles. The van der Waals surface area contributed by atoms with Crippen LogP contribution in [0.25, 0.3) is 0 Å². The highest BCUT2D eigenvalue weighted by atomic mass is 79.9. The highest BCUT2D eigenvalue weighted by molar-refractivity contribution is 9.10. The van der Waals surface area contributed by atoms with Gasteiger partial charge in [-0.25, -0.2) is 4.99 Å². The Balaban J connectivity index is 1.74. The number of anilines is 2. The summed E-state index contributed by atoms with van der Waals surface area (Å²) in [5.74, 6) is 1.15. The second-order valence-electron chi connectivity index (χ2n) is 7.93. The van der Waals surface area contributed by atoms with Crippen LogP contribution in [0.5, 0.6) is 0 Å². The monoisotopic (exact) mass is 424 g/mol. The Kier molecular flexibility index (Phi) is 4.25. The molecule has 2 aromatic rings. The quantitative estimate of drug-likeness (QED) is 0.622. The second-order valence-corrected chi connectivity index (χ2v) is 8.85. The van der Waals surface area contributed by atoms with Crippen LogP contribution in [0.2, 0.25) is 0 Å². The Hall–Kier alpha value is -1.85. The zero-order valence-electron chi connectivity index (χ0n) is 16.0. The van der Waals surface area contributed by atoms with Crippen LogP contribution in [0.4, 0.5) is 17.1 Å². The highest BCUT2D eigenvalue weighted by Crippen LogP contribution is 2.45. The number of amidine groups is 1. The molecule has 0 amide bonds. The maximum Gasteiger partial charge on any atom is 0.138 e. The zero-order valence-corrected chi connectivity index (χ0v) is 17.6. The molecule has 4 nitrogen and oxygen atoms in total. The summed E-state index contributed by atoms with van der Waals surface area (Å²) < 4.78 is 1.09. The zero-order chi connectivity index (χ0) is 18.5. The van der Waals surface area contributed by atoms with Crippen molar-refractivity contribution in [3.63, 3.8) is 0 Å². The molecule has 3 heterocycles. The van der Waals surface area contributed by atoms with Crippen molar-refractivity contribution in [1.82, 2.24) is 9.80 Å². The molecule has 0 atom stereocenters. The van der Waals surface area contributed by atoms with E-state index in [-0.39, 0.29) is 0 Å². The first-order valence-corrected chi connectivity index (χ1v) is 10.6. The van der Waals surface area contributed by atoms with E-state index in [0.717, 1.165) is 55.1 Å². The summed E-state index contributed by atoms with van der Waals surface area (Å²) in [5.41, 5.74) is 7.79. The Morgan fingerprint density at radius 3 is 2.63 bits per heavy atom. The Morgan fingerprint density at radius 1 is 1.00 bits per heavy atom. The van der Waals surface area contributed by atoms with Gasteiger partial charge in [0.1, 0.15) is 5.84 Å². The minimum atomic E-state index is 1.03. The first kappa shape index (κ1) is 17.3. The van der Waals surface area contributed by atoms with E-state index in [0.29, 0.717) is 0 Å². The van der Waals surface area contributed by atoms with Crippen LogP contribution in [-0.4, -0.2) is 55.4 Å². The van der Waals surface area contributed by atoms with Gasteiger partial charge in [0.25, 0.3) is 0 Å². The molecule has 0 N–H and O–H groups in total. The van der Waals surface area contributed by atoms with Crippen LogP contribution in [0.15, 0.2) is 39.8 Å². The Bertz CT molecular complexity index is 928. The standard InChI is InChI=1S/C22H25BrN4/c1-15-12-16-4-3-7-27-20-6-5-17(23)14-19(20)24-22(18(13-15)21(16)27)26-10-8-25(2)9-11-26/h5-6,12-14H,3-4,7-11H2,1-2H3. The average molecular weight is 425 g/mol. The second kappa shape index (κ2) is 6.64. The number of piperazine rings is 1. The maximum absolute atomic E-state index is 5.25. The highest BCUT2D eigenvalue weighted by Gasteiger charge is 2.31. The smallest absolute Gasteiger partial charge is 0.138 e. The fourth-order valence-electron chi connectivity index (χ4n) is 4.56. The van der Waals surface area contributed by atoms with Gasteiger partial charge in [0, 0.05) is 42.8 Å². The van der Waals surface area contributed by atoms with Crippen LogP contribution in [0, 0.1) is 6.92 Å². The van der Waals surface area contributed by atoms with Crippen LogP contribution >= 0.6 is 15.9 Å². The lowest BCUT2D eigenvalue weighted by Crippen LogP contribution is -2.47. The lowest BCUT2D eigenvalue weighted by atomic mass is 9.94. The van der Waals surface area contributed by atoms with Crippen molar-refractivity contribution >= 4 is 38.8 Å². The third-order valence-corrected chi connectivity index (χ3v) is 6.42. The van der Waals surface area contributed by atoms with Crippen molar-refractivity contribution < 1.29 is 0 Å². The first-order chi connectivity index (χ1) is 13.1. The minimum Gasteiger partial charge on any atom is -0.353 e. The van der Waals surface area contributed by atoms with E-state index >= 15 is 0 Å². The molecule has 140 valence electrons. The summed E-state index contributed by atoms with van der Waals surface area (Å²) in [6.45, 7) is 7.50. The predicted molar refractivity (Wildman–Crippen MR) is 116 cm³/mol. The third-order valence-electron chi connectivity index (χ3n) is 5.93. The topological polar surface area (TPSA) is 22.1 Å². The molecule has 5 heteroatoms. The van der Waals surface area contributed by atoms with Crippen molar-refractivity contribution in [3.8, 4) is 0 Å². The summed E-state index contributed by atoms with van der Waals surface area (Å²) in [7, 11) is 2.20. The van der Waals surface area contributed by atoms with Crippen molar-refractivity contribution in [2.24, 2.45) is 4.99 Å². The van der Waals surface area contributed by atoms with Crippen molar-refractivity contribution in [3.05, 3.63) is 51.5 Å². The largest absolute Gasteiger partial charge is 0.353 e. The molecule has 0 radical (unpaired) electrons. The van der Waals surface area contributed by atoms with Gasteiger partial charge in [-0.05, 0) is 62.2 Å². The number of hydrogen-bond acceptors (Lipinski definition) is 4. The molecule has 0 aliphatic carbocycles. The molecule has 2 aromatic carbocycles. The van der Waals surface area contributed by atoms with E-state index in [1.54, 1.807) is 0 Å². The van der Waals surface area contributed by atoms with Gasteiger partial charge in [-0.1, -0.05) is 22.0 Å². The van der Waals surface area contributed by atoms with Gasteiger partial charge in [0.15, 0.2) is 0 Å². The first-order valence-electron chi connectivity index (χ1n) is 9.83. The number of halogens is 1. The minimum absolute atomic E-state index is 1.03. The number of rotatable bonds is 0. The number of aryl methyl sites for hydroxylation is 2. The van der Waals surface area contributed by atoms with E-state index in [4.69, 9.17) is 4.99 Å². The summed E-state index contributed by atoms with van der Waals surface area (Å²) in [4.78, 5) is 12.6. The van der Waals surface area contributed by atoms with Gasteiger partial charge in [0.2, 0.25) is 0 Å². The van der Waals surface area contributed by atoms with E-state index in [9.17, 15) is 0 Å². The van der Waals surface area contributed by atoms with Crippen molar-refractivity contribution in [2.45, 2.75) is 19.8 Å². The molecule has 0 unspecified atom stereocenters. The molecule has 0 bridgehead atoms. The van der Waals surface area contributed by atoms with Gasteiger partial charge >= 0.3 is 0 Å². The normalized spacial score (nSPS) is 19.3. The Morgan fingerprint density at radius 2 is 1.81 bits per heavy atom. The molecule has 0 saturated carbocycles. The predicted octanol–water partition coefficient (Wildman–Crippen LogP) is 4.48. The lowest BCUT2D eigenvalue weighted by molar-refractivity contribution is 0.216. The molecule has 0 spiro atoms. The molecule has 1 fully saturated rings. The molecular weight excluding hydrogens is 400 g/mol. The van der Waals surface area contributed by atoms with E-state index in [2.05, 4.69) is 74.9 Å². The van der Waals surface area contributed by atoms with Crippen LogP contribution in [0.1, 0.15) is 23.1 Å². The van der Waals surface area contributed by atoms with E-state index in [1.807, 2.05) is 0 Å². The van der Waals surface area contributed by atoms with Crippen molar-refractivity contribution in [1.29, 1.82) is 0 Å². The van der Waals surface area contributed by atoms with Gasteiger partial charge < -0.3 is 14.7 Å². The fourth-order valence-corrected chi connectivity index (χ4v) is 4.91. The van der Waals surface area contributed by atoms with Gasteiger partial charge in [-0.15, -0.1) is 0 Å². The van der Waals surface area contributed by atoms with Gasteiger partial charge in [0.05, 0.1) is 17.1 Å². The summed E-state index contributed by atoms with van der Waals surface area (Å²) in [5, 5.41) is 0. The number of benzene rings is 2. The maximum atomic E-state index is 5.25. The van der Waals surface area contributed by atoms with Crippen molar-refractivity contribution in [2.75, 3.05) is 44.7 Å². The number of likely N-dealkylation sites (N-methyl/N-ethyl adjacent to an activating group) is 1. The number of hydrogen-bond donors (Lipinski definition) is 0. The van der Waals surface area contributed by atoms with E-state index in [1.165, 1.54) is 34.5 Å². The molecule has 1 saturated heterocycles. The lowest BCUT2D eigenvalue weighted by Gasteiger charge is -2.36. The molecule has 5 rings (SSSR count). The van der Waals surface area contributed by atoms with Crippen LogP contribution in [0.3, 0.4) is 0 Å². The molecule has 3 aliphatic rings. The number of nitrogens with zero attached hydrogens (tertiary/aromatic N) is 4. The van der Waals surface area contributed by atoms with Crippen LogP contribution < -0.4 is 4.90 Å².